The van der Waals surface area contributed by atoms with Crippen molar-refractivity contribution in [3.63, 3.8) is 0 Å². The maximum Gasteiger partial charge on any atom is 0.170 e. The van der Waals surface area contributed by atoms with E-state index in [0.717, 1.165) is 64.0 Å². The largest absolute Gasteiger partial charge is 0.388 e. The lowest BCUT2D eigenvalue weighted by molar-refractivity contribution is -0.253. The second kappa shape index (κ2) is 9.87. The van der Waals surface area contributed by atoms with Gasteiger partial charge in [0.05, 0.1) is 56.3 Å². The summed E-state index contributed by atoms with van der Waals surface area (Å²) in [5.74, 6) is 3.32. The van der Waals surface area contributed by atoms with E-state index >= 15 is 0 Å². The first-order valence-electron chi connectivity index (χ1n) is 17.9. The summed E-state index contributed by atoms with van der Waals surface area (Å²) in [5, 5.41) is 21.5. The molecule has 7 nitrogen and oxygen atoms in total. The van der Waals surface area contributed by atoms with Crippen LogP contribution in [0, 0.1) is 51.2 Å². The van der Waals surface area contributed by atoms with Crippen LogP contribution in [-0.2, 0) is 18.9 Å². The molecule has 2 spiro atoms. The third-order valence-electron chi connectivity index (χ3n) is 15.5. The lowest BCUT2D eigenvalue weighted by atomic mass is 9.46. The second-order valence-electron chi connectivity index (χ2n) is 18.1. The van der Waals surface area contributed by atoms with Gasteiger partial charge >= 0.3 is 0 Å². The van der Waals surface area contributed by atoms with Gasteiger partial charge in [0.2, 0.25) is 0 Å². The minimum Gasteiger partial charge on any atom is -0.388 e. The van der Waals surface area contributed by atoms with Crippen molar-refractivity contribution in [2.75, 3.05) is 32.9 Å². The summed E-state index contributed by atoms with van der Waals surface area (Å²) in [5.41, 5.74) is 0.336. The molecular formula is C36H59NO6. The van der Waals surface area contributed by atoms with Crippen molar-refractivity contribution in [3.8, 4) is 0 Å². The molecule has 8 fully saturated rings. The van der Waals surface area contributed by atoms with Crippen molar-refractivity contribution < 1.29 is 29.2 Å². The SMILES string of the molecule is CC1CC([C@H](O)C(C)(C)O)OC2CC3C4CCC5C(C)(C)[C@@H](OC6CN(C7COC7)CCO6)CCC56CC46CCC3(C)C12. The molecule has 244 valence electrons. The molecule has 3 aliphatic heterocycles. The zero-order chi connectivity index (χ0) is 30.2. The number of hydrogen-bond donors (Lipinski definition) is 2. The Bertz CT molecular complexity index is 1090. The Kier molecular flexibility index (Phi) is 6.90. The molecule has 0 aromatic heterocycles. The molecular weight excluding hydrogens is 542 g/mol. The predicted molar refractivity (Wildman–Crippen MR) is 163 cm³/mol. The van der Waals surface area contributed by atoms with Crippen LogP contribution in [0.3, 0.4) is 0 Å². The highest BCUT2D eigenvalue weighted by Crippen LogP contribution is 2.87. The average Bonchev–Trinajstić information content (AvgIpc) is 3.47. The van der Waals surface area contributed by atoms with E-state index in [0.29, 0.717) is 40.0 Å². The van der Waals surface area contributed by atoms with Gasteiger partial charge in [0.25, 0.3) is 0 Å². The summed E-state index contributed by atoms with van der Waals surface area (Å²) in [6.07, 6.45) is 10.5. The van der Waals surface area contributed by atoms with Crippen LogP contribution in [-0.4, -0.2) is 90.4 Å². The number of rotatable bonds is 5. The molecule has 0 bridgehead atoms. The van der Waals surface area contributed by atoms with Crippen molar-refractivity contribution >= 4 is 0 Å². The van der Waals surface area contributed by atoms with Gasteiger partial charge in [-0.15, -0.1) is 0 Å². The third-order valence-corrected chi connectivity index (χ3v) is 15.5. The standard InChI is InChI=1S/C36H59NO6/c1-21-15-26(31(38)33(4,5)39)42-25-16-24-23-7-8-27-32(2,3)28(43-29-17-37(13-14-41-29)22-18-40-19-22)9-10-36(27)20-35(23,36)12-11-34(24,6)30(21)25/h21-31,38-39H,7-20H2,1-6H3/t21?,23?,24?,25?,26?,27?,28-,29?,30?,31-,34?,35?,36?/m0/s1. The van der Waals surface area contributed by atoms with Gasteiger partial charge < -0.3 is 29.2 Å². The summed E-state index contributed by atoms with van der Waals surface area (Å²) >= 11 is 0. The highest BCUT2D eigenvalue weighted by Gasteiger charge is 2.81. The number of aliphatic hydroxyl groups is 2. The van der Waals surface area contributed by atoms with E-state index in [4.69, 9.17) is 18.9 Å². The first-order chi connectivity index (χ1) is 20.3. The van der Waals surface area contributed by atoms with Gasteiger partial charge in [-0.3, -0.25) is 4.90 Å². The lowest BCUT2D eigenvalue weighted by Gasteiger charge is -2.60. The molecule has 5 aliphatic carbocycles. The van der Waals surface area contributed by atoms with Crippen LogP contribution in [0.25, 0.3) is 0 Å². The molecule has 11 unspecified atom stereocenters. The van der Waals surface area contributed by atoms with Crippen molar-refractivity contribution in [2.24, 2.45) is 51.2 Å². The van der Waals surface area contributed by atoms with E-state index in [1.165, 1.54) is 38.5 Å². The predicted octanol–water partition coefficient (Wildman–Crippen LogP) is 5.01. The fraction of sp³-hybridized carbons (Fsp3) is 1.00. The third kappa shape index (κ3) is 4.23. The summed E-state index contributed by atoms with van der Waals surface area (Å²) < 4.78 is 25.3. The Morgan fingerprint density at radius 1 is 0.977 bits per heavy atom. The number of fused-ring (bicyclic) bond motifs is 4. The van der Waals surface area contributed by atoms with Crippen LogP contribution in [0.1, 0.15) is 99.3 Å². The number of hydrogen-bond acceptors (Lipinski definition) is 7. The normalized spacial score (nSPS) is 53.4. The number of aliphatic hydroxyl groups excluding tert-OH is 1. The molecule has 13 atom stereocenters. The van der Waals surface area contributed by atoms with Crippen molar-refractivity contribution in [3.05, 3.63) is 0 Å². The van der Waals surface area contributed by atoms with Gasteiger partial charge in [-0.1, -0.05) is 27.7 Å². The molecule has 2 N–H and O–H groups in total. The van der Waals surface area contributed by atoms with E-state index in [1.54, 1.807) is 13.8 Å². The van der Waals surface area contributed by atoms with Crippen LogP contribution in [0.5, 0.6) is 0 Å². The highest BCUT2D eigenvalue weighted by atomic mass is 16.7. The van der Waals surface area contributed by atoms with E-state index in [2.05, 4.69) is 32.6 Å². The summed E-state index contributed by atoms with van der Waals surface area (Å²) in [6.45, 7) is 17.8. The van der Waals surface area contributed by atoms with Crippen LogP contribution in [0.2, 0.25) is 0 Å². The van der Waals surface area contributed by atoms with Gasteiger partial charge in [0, 0.05) is 6.54 Å². The number of nitrogens with zero attached hydrogens (tertiary/aromatic N) is 1. The Morgan fingerprint density at radius 3 is 2.49 bits per heavy atom. The monoisotopic (exact) mass is 601 g/mol. The molecule has 0 amide bonds. The minimum atomic E-state index is -1.14. The van der Waals surface area contributed by atoms with E-state index in [-0.39, 0.29) is 30.0 Å². The van der Waals surface area contributed by atoms with Gasteiger partial charge in [0.1, 0.15) is 6.10 Å². The Balaban J connectivity index is 0.984. The minimum absolute atomic E-state index is 0.116. The van der Waals surface area contributed by atoms with E-state index in [9.17, 15) is 10.2 Å². The van der Waals surface area contributed by atoms with Crippen molar-refractivity contribution in [1.29, 1.82) is 0 Å². The Morgan fingerprint density at radius 2 is 1.77 bits per heavy atom. The second-order valence-corrected chi connectivity index (χ2v) is 18.1. The molecule has 43 heavy (non-hydrogen) atoms. The van der Waals surface area contributed by atoms with E-state index in [1.807, 2.05) is 0 Å². The van der Waals surface area contributed by atoms with Crippen LogP contribution < -0.4 is 0 Å². The topological polar surface area (TPSA) is 80.6 Å². The first kappa shape index (κ1) is 30.1. The molecule has 3 saturated heterocycles. The number of ether oxygens (including phenoxy) is 4. The molecule has 8 rings (SSSR count). The van der Waals surface area contributed by atoms with Gasteiger partial charge in [-0.25, -0.2) is 0 Å². The van der Waals surface area contributed by atoms with Crippen molar-refractivity contribution in [2.45, 2.75) is 142 Å². The fourth-order valence-electron chi connectivity index (χ4n) is 13.4. The number of morpholine rings is 1. The molecule has 7 heteroatoms. The summed E-state index contributed by atoms with van der Waals surface area (Å²) in [4.78, 5) is 2.52. The van der Waals surface area contributed by atoms with Gasteiger partial charge in [-0.2, -0.15) is 0 Å². The molecule has 8 aliphatic rings. The lowest BCUT2D eigenvalue weighted by Crippen LogP contribution is -2.58. The maximum atomic E-state index is 11.0. The first-order valence-corrected chi connectivity index (χ1v) is 17.9. The smallest absolute Gasteiger partial charge is 0.170 e. The average molecular weight is 602 g/mol. The highest BCUT2D eigenvalue weighted by molar-refractivity contribution is 5.29. The fourth-order valence-corrected chi connectivity index (χ4v) is 13.4. The Labute approximate surface area is 259 Å². The van der Waals surface area contributed by atoms with Crippen LogP contribution in [0.4, 0.5) is 0 Å². The molecule has 0 aromatic carbocycles. The van der Waals surface area contributed by atoms with Gasteiger partial charge in [0.15, 0.2) is 6.29 Å². The summed E-state index contributed by atoms with van der Waals surface area (Å²) in [7, 11) is 0. The van der Waals surface area contributed by atoms with Crippen molar-refractivity contribution in [1.82, 2.24) is 4.90 Å². The van der Waals surface area contributed by atoms with Gasteiger partial charge in [-0.05, 0) is 123 Å². The molecule has 5 saturated carbocycles. The van der Waals surface area contributed by atoms with E-state index < -0.39 is 11.7 Å². The quantitative estimate of drug-likeness (QED) is 0.459. The van der Waals surface area contributed by atoms with Crippen LogP contribution >= 0.6 is 0 Å². The molecule has 0 aromatic rings. The zero-order valence-electron chi connectivity index (χ0n) is 27.7. The molecule has 0 radical (unpaired) electrons. The Hall–Kier alpha value is -0.280. The zero-order valence-corrected chi connectivity index (χ0v) is 27.7. The molecule has 3 heterocycles. The summed E-state index contributed by atoms with van der Waals surface area (Å²) in [6, 6.07) is 0.543. The van der Waals surface area contributed by atoms with Crippen LogP contribution in [0.15, 0.2) is 0 Å². The maximum absolute atomic E-state index is 11.0.